The lowest BCUT2D eigenvalue weighted by Crippen LogP contribution is -2.41. The average molecular weight is 410 g/mol. The third-order valence-corrected chi connectivity index (χ3v) is 3.19. The van der Waals surface area contributed by atoms with Gasteiger partial charge in [0, 0.05) is 26.2 Å². The summed E-state index contributed by atoms with van der Waals surface area (Å²) in [6.07, 6.45) is 0.857. The number of amides is 1. The third-order valence-electron chi connectivity index (χ3n) is 2.33. The molecule has 0 aliphatic heterocycles. The maximum Gasteiger partial charge on any atom is 0.261 e. The molecule has 5 nitrogen and oxygen atoms in total. The molecular weight excluding hydrogens is 387 g/mol. The van der Waals surface area contributed by atoms with E-state index < -0.39 is 0 Å². The van der Waals surface area contributed by atoms with E-state index in [1.54, 1.807) is 7.05 Å². The lowest BCUT2D eigenvalue weighted by Gasteiger charge is -2.14. The number of hydrogen-bond acceptors (Lipinski definition) is 3. The van der Waals surface area contributed by atoms with Crippen LogP contribution < -0.4 is 16.0 Å². The van der Waals surface area contributed by atoms with Crippen molar-refractivity contribution >= 4 is 47.2 Å². The fourth-order valence-corrected chi connectivity index (χ4v) is 2.10. The first-order valence-electron chi connectivity index (χ1n) is 6.42. The highest BCUT2D eigenvalue weighted by molar-refractivity contribution is 14.0. The highest BCUT2D eigenvalue weighted by atomic mass is 127. The van der Waals surface area contributed by atoms with E-state index in [9.17, 15) is 4.79 Å². The standard InChI is InChI=1S/C13H22N4OS.HI/c1-10(2)17-13(14-3)16-8-5-7-15-12(18)11-6-4-9-19-11;/h4,6,9-10H,5,7-8H2,1-3H3,(H,15,18)(H2,14,16,17);1H. The Balaban J connectivity index is 0.00000361. The number of thiophene rings is 1. The van der Waals surface area contributed by atoms with Crippen LogP contribution in [0.2, 0.25) is 0 Å². The van der Waals surface area contributed by atoms with Crippen LogP contribution in [0.5, 0.6) is 0 Å². The van der Waals surface area contributed by atoms with Gasteiger partial charge in [-0.05, 0) is 31.7 Å². The Kier molecular flexibility index (Phi) is 10.4. The lowest BCUT2D eigenvalue weighted by atomic mass is 10.4. The molecule has 1 amide bonds. The molecule has 0 aromatic carbocycles. The minimum Gasteiger partial charge on any atom is -0.356 e. The number of guanidine groups is 1. The van der Waals surface area contributed by atoms with E-state index in [2.05, 4.69) is 34.8 Å². The van der Waals surface area contributed by atoms with Crippen LogP contribution in [0.3, 0.4) is 0 Å². The van der Waals surface area contributed by atoms with Crippen molar-refractivity contribution in [2.24, 2.45) is 4.99 Å². The van der Waals surface area contributed by atoms with Crippen LogP contribution in [0.1, 0.15) is 29.9 Å². The first-order valence-corrected chi connectivity index (χ1v) is 7.30. The predicted octanol–water partition coefficient (Wildman–Crippen LogP) is 2.06. The molecule has 0 aliphatic carbocycles. The van der Waals surface area contributed by atoms with E-state index in [0.29, 0.717) is 12.6 Å². The molecule has 0 saturated heterocycles. The van der Waals surface area contributed by atoms with Crippen molar-refractivity contribution in [2.75, 3.05) is 20.1 Å². The molecule has 20 heavy (non-hydrogen) atoms. The molecule has 1 heterocycles. The average Bonchev–Trinajstić information content (AvgIpc) is 2.90. The van der Waals surface area contributed by atoms with Crippen LogP contribution in [0.4, 0.5) is 0 Å². The van der Waals surface area contributed by atoms with Gasteiger partial charge in [-0.3, -0.25) is 9.79 Å². The Bertz CT molecular complexity index is 407. The Hall–Kier alpha value is -0.830. The SMILES string of the molecule is CN=C(NCCCNC(=O)c1cccs1)NC(C)C.I. The molecule has 1 aromatic heterocycles. The third kappa shape index (κ3) is 7.68. The smallest absolute Gasteiger partial charge is 0.261 e. The van der Waals surface area contributed by atoms with Crippen LogP contribution >= 0.6 is 35.3 Å². The van der Waals surface area contributed by atoms with Gasteiger partial charge in [0.25, 0.3) is 5.91 Å². The molecule has 0 aliphatic rings. The minimum atomic E-state index is -0.000289. The number of nitrogens with one attached hydrogen (secondary N) is 3. The summed E-state index contributed by atoms with van der Waals surface area (Å²) in [5.74, 6) is 0.791. The van der Waals surface area contributed by atoms with Crippen LogP contribution in [-0.2, 0) is 0 Å². The Morgan fingerprint density at radius 1 is 1.35 bits per heavy atom. The van der Waals surface area contributed by atoms with Crippen molar-refractivity contribution in [1.82, 2.24) is 16.0 Å². The molecule has 7 heteroatoms. The Morgan fingerprint density at radius 3 is 2.60 bits per heavy atom. The summed E-state index contributed by atoms with van der Waals surface area (Å²) in [7, 11) is 1.75. The van der Waals surface area contributed by atoms with Gasteiger partial charge in [-0.1, -0.05) is 6.07 Å². The van der Waals surface area contributed by atoms with Gasteiger partial charge in [-0.25, -0.2) is 0 Å². The van der Waals surface area contributed by atoms with E-state index >= 15 is 0 Å². The van der Waals surface area contributed by atoms with Crippen molar-refractivity contribution in [2.45, 2.75) is 26.3 Å². The van der Waals surface area contributed by atoms with Crippen molar-refractivity contribution in [1.29, 1.82) is 0 Å². The molecule has 0 unspecified atom stereocenters. The molecular formula is C13H23IN4OS. The van der Waals surface area contributed by atoms with Gasteiger partial charge in [-0.2, -0.15) is 0 Å². The van der Waals surface area contributed by atoms with Gasteiger partial charge in [0.2, 0.25) is 0 Å². The van der Waals surface area contributed by atoms with E-state index in [1.807, 2.05) is 17.5 Å². The molecule has 114 valence electrons. The first kappa shape index (κ1) is 19.2. The van der Waals surface area contributed by atoms with Crippen LogP contribution in [0.25, 0.3) is 0 Å². The highest BCUT2D eigenvalue weighted by Crippen LogP contribution is 2.07. The molecule has 0 fully saturated rings. The Morgan fingerprint density at radius 2 is 2.05 bits per heavy atom. The van der Waals surface area contributed by atoms with Crippen molar-refractivity contribution in [3.63, 3.8) is 0 Å². The maximum atomic E-state index is 11.6. The van der Waals surface area contributed by atoms with Crippen LogP contribution in [-0.4, -0.2) is 38.0 Å². The number of nitrogens with zero attached hydrogens (tertiary/aromatic N) is 1. The lowest BCUT2D eigenvalue weighted by molar-refractivity contribution is 0.0957. The molecule has 3 N–H and O–H groups in total. The van der Waals surface area contributed by atoms with Crippen molar-refractivity contribution < 1.29 is 4.79 Å². The topological polar surface area (TPSA) is 65.5 Å². The summed E-state index contributed by atoms with van der Waals surface area (Å²) >= 11 is 1.45. The molecule has 0 radical (unpaired) electrons. The maximum absolute atomic E-state index is 11.6. The molecule has 0 atom stereocenters. The number of hydrogen-bond donors (Lipinski definition) is 3. The minimum absolute atomic E-state index is 0. The molecule has 1 rings (SSSR count). The summed E-state index contributed by atoms with van der Waals surface area (Å²) in [6.45, 7) is 5.56. The van der Waals surface area contributed by atoms with Crippen LogP contribution in [0.15, 0.2) is 22.5 Å². The zero-order valence-corrected chi connectivity index (χ0v) is 15.2. The van der Waals surface area contributed by atoms with Crippen molar-refractivity contribution in [3.8, 4) is 0 Å². The second-order valence-electron chi connectivity index (χ2n) is 4.38. The van der Waals surface area contributed by atoms with Gasteiger partial charge in [0.15, 0.2) is 5.96 Å². The molecule has 0 saturated carbocycles. The molecule has 1 aromatic rings. The quantitative estimate of drug-likeness (QED) is 0.291. The first-order chi connectivity index (χ1) is 9.13. The van der Waals surface area contributed by atoms with Gasteiger partial charge >= 0.3 is 0 Å². The second kappa shape index (κ2) is 10.9. The summed E-state index contributed by atoms with van der Waals surface area (Å²) in [5, 5.41) is 11.2. The summed E-state index contributed by atoms with van der Waals surface area (Å²) in [5.41, 5.74) is 0. The molecule has 0 bridgehead atoms. The van der Waals surface area contributed by atoms with E-state index in [-0.39, 0.29) is 29.9 Å². The fraction of sp³-hybridized carbons (Fsp3) is 0.538. The van der Waals surface area contributed by atoms with Crippen molar-refractivity contribution in [3.05, 3.63) is 22.4 Å². The predicted molar refractivity (Wildman–Crippen MR) is 96.3 cm³/mol. The van der Waals surface area contributed by atoms with Gasteiger partial charge in [0.1, 0.15) is 0 Å². The number of halogens is 1. The van der Waals surface area contributed by atoms with Gasteiger partial charge in [0.05, 0.1) is 4.88 Å². The number of rotatable bonds is 6. The highest BCUT2D eigenvalue weighted by Gasteiger charge is 2.04. The number of carbonyl (C=O) groups excluding carboxylic acids is 1. The number of carbonyl (C=O) groups is 1. The number of aliphatic imine (C=N–C) groups is 1. The normalized spacial score (nSPS) is 10.9. The van der Waals surface area contributed by atoms with E-state index in [0.717, 1.165) is 23.8 Å². The summed E-state index contributed by atoms with van der Waals surface area (Å²) in [4.78, 5) is 16.5. The molecule has 0 spiro atoms. The van der Waals surface area contributed by atoms with Gasteiger partial charge < -0.3 is 16.0 Å². The van der Waals surface area contributed by atoms with Gasteiger partial charge in [-0.15, -0.1) is 35.3 Å². The largest absolute Gasteiger partial charge is 0.356 e. The monoisotopic (exact) mass is 410 g/mol. The fourth-order valence-electron chi connectivity index (χ4n) is 1.46. The van der Waals surface area contributed by atoms with E-state index in [1.165, 1.54) is 11.3 Å². The summed E-state index contributed by atoms with van der Waals surface area (Å²) < 4.78 is 0. The van der Waals surface area contributed by atoms with Crippen LogP contribution in [0, 0.1) is 0 Å². The Labute approximate surface area is 141 Å². The second-order valence-corrected chi connectivity index (χ2v) is 5.33. The summed E-state index contributed by atoms with van der Waals surface area (Å²) in [6, 6.07) is 4.06. The zero-order valence-electron chi connectivity index (χ0n) is 12.1. The van der Waals surface area contributed by atoms with E-state index in [4.69, 9.17) is 0 Å². The zero-order chi connectivity index (χ0) is 14.1.